The van der Waals surface area contributed by atoms with Crippen LogP contribution in [0.3, 0.4) is 0 Å². The van der Waals surface area contributed by atoms with Gasteiger partial charge in [0.05, 0.1) is 7.11 Å². The number of aliphatic imine (C=N–C) groups is 1. The first-order chi connectivity index (χ1) is 11.1. The molecule has 0 saturated heterocycles. The highest BCUT2D eigenvalue weighted by Gasteiger charge is 2.19. The van der Waals surface area contributed by atoms with Crippen molar-refractivity contribution in [3.8, 4) is 5.75 Å². The highest BCUT2D eigenvalue weighted by atomic mass is 35.5. The summed E-state index contributed by atoms with van der Waals surface area (Å²) in [5.74, 6) is 1.23. The third-order valence-corrected chi connectivity index (χ3v) is 3.66. The molecule has 5 heteroatoms. The molecule has 0 bridgehead atoms. The van der Waals surface area contributed by atoms with Gasteiger partial charge in [0.1, 0.15) is 17.3 Å². The van der Waals surface area contributed by atoms with Gasteiger partial charge in [-0.05, 0) is 41.5 Å². The van der Waals surface area contributed by atoms with Crippen molar-refractivity contribution in [2.75, 3.05) is 7.11 Å². The molecular formula is C18H15ClN2O2. The Bertz CT molecular complexity index is 795. The van der Waals surface area contributed by atoms with Gasteiger partial charge in [0.15, 0.2) is 0 Å². The van der Waals surface area contributed by atoms with Crippen LogP contribution in [0.2, 0.25) is 5.02 Å². The summed E-state index contributed by atoms with van der Waals surface area (Å²) in [6, 6.07) is 15.0. The predicted molar refractivity (Wildman–Crippen MR) is 91.7 cm³/mol. The smallest absolute Gasteiger partial charge is 0.275 e. The third-order valence-electron chi connectivity index (χ3n) is 3.43. The Balaban J connectivity index is 1.78. The molecule has 3 rings (SSSR count). The van der Waals surface area contributed by atoms with Crippen LogP contribution in [-0.2, 0) is 11.2 Å². The van der Waals surface area contributed by atoms with Crippen molar-refractivity contribution in [1.82, 2.24) is 5.32 Å². The number of amidine groups is 1. The lowest BCUT2D eigenvalue weighted by Gasteiger charge is -2.03. The maximum atomic E-state index is 12.0. The molecule has 1 aliphatic rings. The molecule has 0 aromatic heterocycles. The lowest BCUT2D eigenvalue weighted by molar-refractivity contribution is -0.115. The Kier molecular flexibility index (Phi) is 4.44. The molecule has 116 valence electrons. The first-order valence-corrected chi connectivity index (χ1v) is 7.51. The summed E-state index contributed by atoms with van der Waals surface area (Å²) < 4.78 is 5.13. The normalized spacial score (nSPS) is 15.5. The van der Waals surface area contributed by atoms with Gasteiger partial charge in [-0.25, -0.2) is 4.99 Å². The predicted octanol–water partition coefficient (Wildman–Crippen LogP) is 3.46. The van der Waals surface area contributed by atoms with E-state index in [0.29, 0.717) is 23.0 Å². The minimum atomic E-state index is -0.200. The Morgan fingerprint density at radius 3 is 2.70 bits per heavy atom. The number of amides is 1. The molecule has 0 saturated carbocycles. The number of nitrogens with zero attached hydrogens (tertiary/aromatic N) is 1. The second kappa shape index (κ2) is 6.67. The van der Waals surface area contributed by atoms with E-state index < -0.39 is 0 Å². The van der Waals surface area contributed by atoms with Crippen LogP contribution < -0.4 is 10.1 Å². The van der Waals surface area contributed by atoms with Gasteiger partial charge < -0.3 is 10.1 Å². The van der Waals surface area contributed by atoms with E-state index in [-0.39, 0.29) is 5.91 Å². The third kappa shape index (κ3) is 3.79. The fraction of sp³-hybridized carbons (Fsp3) is 0.111. The van der Waals surface area contributed by atoms with Gasteiger partial charge in [0.2, 0.25) is 0 Å². The van der Waals surface area contributed by atoms with Gasteiger partial charge in [0.25, 0.3) is 5.91 Å². The van der Waals surface area contributed by atoms with Gasteiger partial charge in [0, 0.05) is 11.4 Å². The van der Waals surface area contributed by atoms with Crippen molar-refractivity contribution in [2.24, 2.45) is 4.99 Å². The molecule has 1 N–H and O–H groups in total. The number of halogens is 1. The molecule has 2 aromatic carbocycles. The van der Waals surface area contributed by atoms with Gasteiger partial charge in [-0.15, -0.1) is 0 Å². The summed E-state index contributed by atoms with van der Waals surface area (Å²) in [7, 11) is 1.63. The van der Waals surface area contributed by atoms with Crippen molar-refractivity contribution < 1.29 is 9.53 Å². The Labute approximate surface area is 139 Å². The Morgan fingerprint density at radius 2 is 2.00 bits per heavy atom. The molecule has 0 unspecified atom stereocenters. The summed E-state index contributed by atoms with van der Waals surface area (Å²) >= 11 is 5.95. The fourth-order valence-electron chi connectivity index (χ4n) is 2.29. The van der Waals surface area contributed by atoms with Crippen LogP contribution in [0.15, 0.2) is 59.2 Å². The number of methoxy groups -OCH3 is 1. The molecule has 1 heterocycles. The summed E-state index contributed by atoms with van der Waals surface area (Å²) in [4.78, 5) is 16.4. The van der Waals surface area contributed by atoms with E-state index in [2.05, 4.69) is 10.3 Å². The molecule has 0 atom stereocenters. The van der Waals surface area contributed by atoms with Crippen LogP contribution in [-0.4, -0.2) is 18.9 Å². The SMILES string of the molecule is COc1ccc(CC2=N/C(=C/c3cccc(Cl)c3)C(=O)N2)cc1. The second-order valence-electron chi connectivity index (χ2n) is 5.12. The summed E-state index contributed by atoms with van der Waals surface area (Å²) in [5.41, 5.74) is 2.28. The van der Waals surface area contributed by atoms with Gasteiger partial charge in [-0.2, -0.15) is 0 Å². The van der Waals surface area contributed by atoms with E-state index in [1.807, 2.05) is 36.4 Å². The molecule has 0 radical (unpaired) electrons. The first-order valence-electron chi connectivity index (χ1n) is 7.13. The highest BCUT2D eigenvalue weighted by Crippen LogP contribution is 2.18. The summed E-state index contributed by atoms with van der Waals surface area (Å²) in [6.07, 6.45) is 2.28. The summed E-state index contributed by atoms with van der Waals surface area (Å²) in [5, 5.41) is 3.42. The van der Waals surface area contributed by atoms with E-state index >= 15 is 0 Å². The molecule has 0 spiro atoms. The molecule has 0 aliphatic carbocycles. The average molecular weight is 327 g/mol. The summed E-state index contributed by atoms with van der Waals surface area (Å²) in [6.45, 7) is 0. The van der Waals surface area contributed by atoms with Crippen LogP contribution in [0, 0.1) is 0 Å². The van der Waals surface area contributed by atoms with Crippen molar-refractivity contribution in [3.63, 3.8) is 0 Å². The minimum Gasteiger partial charge on any atom is -0.497 e. The largest absolute Gasteiger partial charge is 0.497 e. The number of ether oxygens (including phenoxy) is 1. The molecule has 2 aromatic rings. The van der Waals surface area contributed by atoms with E-state index in [9.17, 15) is 4.79 Å². The maximum Gasteiger partial charge on any atom is 0.275 e. The molecule has 0 fully saturated rings. The number of carbonyl (C=O) groups is 1. The van der Waals surface area contributed by atoms with Crippen molar-refractivity contribution in [2.45, 2.75) is 6.42 Å². The fourth-order valence-corrected chi connectivity index (χ4v) is 2.49. The zero-order valence-corrected chi connectivity index (χ0v) is 13.3. The lowest BCUT2D eigenvalue weighted by atomic mass is 10.1. The quantitative estimate of drug-likeness (QED) is 0.875. The van der Waals surface area contributed by atoms with Crippen LogP contribution in [0.25, 0.3) is 6.08 Å². The standard InChI is InChI=1S/C18H15ClN2O2/c1-23-15-7-5-12(6-8-15)11-17-20-16(18(22)21-17)10-13-3-2-4-14(19)9-13/h2-10H,11H2,1H3,(H,20,21,22)/b16-10+. The average Bonchev–Trinajstić information content (AvgIpc) is 2.87. The van der Waals surface area contributed by atoms with E-state index in [4.69, 9.17) is 16.3 Å². The maximum absolute atomic E-state index is 12.0. The van der Waals surface area contributed by atoms with E-state index in [1.54, 1.807) is 25.3 Å². The van der Waals surface area contributed by atoms with Crippen molar-refractivity contribution in [3.05, 3.63) is 70.4 Å². The van der Waals surface area contributed by atoms with Crippen LogP contribution in [0.4, 0.5) is 0 Å². The number of hydrogen-bond acceptors (Lipinski definition) is 3. The lowest BCUT2D eigenvalue weighted by Crippen LogP contribution is -2.25. The van der Waals surface area contributed by atoms with Gasteiger partial charge in [-0.3, -0.25) is 4.79 Å². The van der Waals surface area contributed by atoms with Crippen molar-refractivity contribution in [1.29, 1.82) is 0 Å². The Morgan fingerprint density at radius 1 is 1.22 bits per heavy atom. The number of carbonyl (C=O) groups excluding carboxylic acids is 1. The number of benzene rings is 2. The first kappa shape index (κ1) is 15.3. The Hall–Kier alpha value is -2.59. The molecule has 1 aliphatic heterocycles. The van der Waals surface area contributed by atoms with Gasteiger partial charge in [-0.1, -0.05) is 35.9 Å². The van der Waals surface area contributed by atoms with Crippen molar-refractivity contribution >= 4 is 29.4 Å². The molecule has 23 heavy (non-hydrogen) atoms. The molecule has 4 nitrogen and oxygen atoms in total. The number of rotatable bonds is 4. The highest BCUT2D eigenvalue weighted by molar-refractivity contribution is 6.30. The zero-order valence-electron chi connectivity index (χ0n) is 12.5. The monoisotopic (exact) mass is 326 g/mol. The van der Waals surface area contributed by atoms with Crippen LogP contribution in [0.1, 0.15) is 11.1 Å². The zero-order chi connectivity index (χ0) is 16.2. The van der Waals surface area contributed by atoms with Crippen LogP contribution >= 0.6 is 11.6 Å². The number of hydrogen-bond donors (Lipinski definition) is 1. The second-order valence-corrected chi connectivity index (χ2v) is 5.56. The number of nitrogens with one attached hydrogen (secondary N) is 1. The van der Waals surface area contributed by atoms with E-state index in [0.717, 1.165) is 16.9 Å². The molecular weight excluding hydrogens is 312 g/mol. The van der Waals surface area contributed by atoms with Crippen LogP contribution in [0.5, 0.6) is 5.75 Å². The topological polar surface area (TPSA) is 50.7 Å². The minimum absolute atomic E-state index is 0.200. The van der Waals surface area contributed by atoms with Gasteiger partial charge >= 0.3 is 0 Å². The van der Waals surface area contributed by atoms with E-state index in [1.165, 1.54) is 0 Å². The molecule has 1 amide bonds.